The van der Waals surface area contributed by atoms with Gasteiger partial charge in [0.1, 0.15) is 0 Å². The summed E-state index contributed by atoms with van der Waals surface area (Å²) in [6.45, 7) is 0.250. The molecule has 0 rings (SSSR count). The molecule has 5 nitrogen and oxygen atoms in total. The van der Waals surface area contributed by atoms with Crippen LogP contribution in [0.2, 0.25) is 0 Å². The van der Waals surface area contributed by atoms with Crippen LogP contribution in [0.3, 0.4) is 0 Å². The van der Waals surface area contributed by atoms with Gasteiger partial charge in [-0.15, -0.1) is 0 Å². The van der Waals surface area contributed by atoms with Gasteiger partial charge in [-0.3, -0.25) is 9.59 Å². The predicted octanol–water partition coefficient (Wildman–Crippen LogP) is -0.182. The third-order valence-electron chi connectivity index (χ3n) is 1.52. The highest BCUT2D eigenvalue weighted by Crippen LogP contribution is 2.13. The van der Waals surface area contributed by atoms with Gasteiger partial charge in [0.05, 0.1) is 6.61 Å². The first-order chi connectivity index (χ1) is 7.38. The fourth-order valence-electron chi connectivity index (χ4n) is 0.771. The van der Waals surface area contributed by atoms with Crippen molar-refractivity contribution in [3.63, 3.8) is 0 Å². The Balaban J connectivity index is 3.59. The third kappa shape index (κ3) is 7.04. The number of nitrogens with one attached hydrogen (secondary N) is 2. The van der Waals surface area contributed by atoms with Crippen molar-refractivity contribution >= 4 is 11.8 Å². The Morgan fingerprint density at radius 2 is 1.81 bits per heavy atom. The first-order valence-corrected chi connectivity index (χ1v) is 4.48. The third-order valence-corrected chi connectivity index (χ3v) is 1.52. The van der Waals surface area contributed by atoms with Gasteiger partial charge in [-0.1, -0.05) is 0 Å². The van der Waals surface area contributed by atoms with Crippen LogP contribution in [-0.4, -0.2) is 44.8 Å². The average molecular weight is 242 g/mol. The van der Waals surface area contributed by atoms with E-state index in [0.29, 0.717) is 6.61 Å². The molecule has 0 aromatic heterocycles. The van der Waals surface area contributed by atoms with Crippen molar-refractivity contribution in [1.29, 1.82) is 0 Å². The van der Waals surface area contributed by atoms with Crippen LogP contribution < -0.4 is 10.6 Å². The molecule has 0 atom stereocenters. The summed E-state index contributed by atoms with van der Waals surface area (Å²) in [5, 5.41) is 3.99. The van der Waals surface area contributed by atoms with Gasteiger partial charge in [0.25, 0.3) is 0 Å². The zero-order chi connectivity index (χ0) is 12.6. The van der Waals surface area contributed by atoms with Crippen LogP contribution in [-0.2, 0) is 14.3 Å². The minimum absolute atomic E-state index is 0.203. The highest BCUT2D eigenvalue weighted by atomic mass is 19.4. The molecular weight excluding hydrogens is 229 g/mol. The van der Waals surface area contributed by atoms with Crippen LogP contribution in [0.4, 0.5) is 13.2 Å². The SMILES string of the molecule is COCCNC(=O)CCNC(=O)C(F)(F)F. The van der Waals surface area contributed by atoms with Crippen molar-refractivity contribution in [3.8, 4) is 0 Å². The van der Waals surface area contributed by atoms with Crippen LogP contribution >= 0.6 is 0 Å². The van der Waals surface area contributed by atoms with E-state index in [4.69, 9.17) is 0 Å². The average Bonchev–Trinajstić information content (AvgIpc) is 2.16. The van der Waals surface area contributed by atoms with E-state index in [-0.39, 0.29) is 19.5 Å². The Hall–Kier alpha value is -1.31. The van der Waals surface area contributed by atoms with Crippen molar-refractivity contribution in [3.05, 3.63) is 0 Å². The van der Waals surface area contributed by atoms with Crippen LogP contribution in [0.1, 0.15) is 6.42 Å². The fraction of sp³-hybridized carbons (Fsp3) is 0.750. The molecule has 8 heteroatoms. The van der Waals surface area contributed by atoms with Crippen LogP contribution in [0.5, 0.6) is 0 Å². The van der Waals surface area contributed by atoms with Gasteiger partial charge >= 0.3 is 12.1 Å². The van der Waals surface area contributed by atoms with Crippen molar-refractivity contribution in [2.75, 3.05) is 26.8 Å². The summed E-state index contributed by atoms with van der Waals surface area (Å²) in [6.07, 6.45) is -5.11. The van der Waals surface area contributed by atoms with Gasteiger partial charge in [-0.2, -0.15) is 13.2 Å². The molecule has 0 unspecified atom stereocenters. The van der Waals surface area contributed by atoms with E-state index in [9.17, 15) is 22.8 Å². The highest BCUT2D eigenvalue weighted by molar-refractivity contribution is 5.82. The van der Waals surface area contributed by atoms with Crippen LogP contribution in [0.25, 0.3) is 0 Å². The van der Waals surface area contributed by atoms with E-state index >= 15 is 0 Å². The monoisotopic (exact) mass is 242 g/mol. The minimum atomic E-state index is -4.91. The molecule has 0 saturated heterocycles. The summed E-state index contributed by atoms with van der Waals surface area (Å²) in [6, 6.07) is 0. The van der Waals surface area contributed by atoms with Crippen molar-refractivity contribution in [2.45, 2.75) is 12.6 Å². The van der Waals surface area contributed by atoms with Gasteiger partial charge < -0.3 is 15.4 Å². The lowest BCUT2D eigenvalue weighted by Crippen LogP contribution is -2.39. The number of rotatable bonds is 6. The van der Waals surface area contributed by atoms with Gasteiger partial charge in [-0.25, -0.2) is 0 Å². The molecule has 0 aliphatic heterocycles. The highest BCUT2D eigenvalue weighted by Gasteiger charge is 2.38. The molecule has 0 aromatic carbocycles. The summed E-state index contributed by atoms with van der Waals surface area (Å²) in [4.78, 5) is 21.3. The number of alkyl halides is 3. The number of methoxy groups -OCH3 is 1. The van der Waals surface area contributed by atoms with Gasteiger partial charge in [0.15, 0.2) is 0 Å². The van der Waals surface area contributed by atoms with Gasteiger partial charge in [0.2, 0.25) is 5.91 Å². The number of ether oxygens (including phenoxy) is 1. The molecule has 0 radical (unpaired) electrons. The maximum absolute atomic E-state index is 11.7. The quantitative estimate of drug-likeness (QED) is 0.635. The maximum atomic E-state index is 11.7. The smallest absolute Gasteiger partial charge is 0.383 e. The van der Waals surface area contributed by atoms with Crippen molar-refractivity contribution in [2.24, 2.45) is 0 Å². The summed E-state index contributed by atoms with van der Waals surface area (Å²) < 4.78 is 39.7. The molecule has 0 fully saturated rings. The standard InChI is InChI=1S/C8H13F3N2O3/c1-16-5-4-12-6(14)2-3-13-7(15)8(9,10)11/h2-5H2,1H3,(H,12,14)(H,13,15). The first-order valence-electron chi connectivity index (χ1n) is 4.48. The molecule has 0 bridgehead atoms. The molecule has 0 aromatic rings. The Labute approximate surface area is 90.3 Å². The molecule has 0 heterocycles. The molecule has 94 valence electrons. The number of carbonyl (C=O) groups is 2. The van der Waals surface area contributed by atoms with E-state index in [1.807, 2.05) is 0 Å². The van der Waals surface area contributed by atoms with E-state index in [2.05, 4.69) is 10.1 Å². The number of hydrogen-bond donors (Lipinski definition) is 2. The Morgan fingerprint density at radius 3 is 2.31 bits per heavy atom. The second kappa shape index (κ2) is 7.04. The lowest BCUT2D eigenvalue weighted by atomic mass is 10.4. The van der Waals surface area contributed by atoms with E-state index in [1.54, 1.807) is 5.32 Å². The minimum Gasteiger partial charge on any atom is -0.383 e. The number of carbonyl (C=O) groups excluding carboxylic acids is 2. The predicted molar refractivity (Wildman–Crippen MR) is 48.6 cm³/mol. The van der Waals surface area contributed by atoms with E-state index in [0.717, 1.165) is 0 Å². The normalized spacial score (nSPS) is 11.0. The molecule has 0 aliphatic rings. The summed E-state index contributed by atoms with van der Waals surface area (Å²) in [5.41, 5.74) is 0. The summed E-state index contributed by atoms with van der Waals surface area (Å²) in [5.74, 6) is -2.49. The van der Waals surface area contributed by atoms with Gasteiger partial charge in [0, 0.05) is 26.6 Å². The second-order valence-electron chi connectivity index (χ2n) is 2.85. The lowest BCUT2D eigenvalue weighted by Gasteiger charge is -2.07. The zero-order valence-corrected chi connectivity index (χ0v) is 8.69. The van der Waals surface area contributed by atoms with E-state index < -0.39 is 18.0 Å². The number of halogens is 3. The maximum Gasteiger partial charge on any atom is 0.471 e. The molecule has 16 heavy (non-hydrogen) atoms. The summed E-state index contributed by atoms with van der Waals surface area (Å²) >= 11 is 0. The Bertz CT molecular complexity index is 243. The van der Waals surface area contributed by atoms with E-state index in [1.165, 1.54) is 7.11 Å². The largest absolute Gasteiger partial charge is 0.471 e. The molecule has 0 aliphatic carbocycles. The Morgan fingerprint density at radius 1 is 1.19 bits per heavy atom. The summed E-state index contributed by atoms with van der Waals surface area (Å²) in [7, 11) is 1.45. The molecule has 0 saturated carbocycles. The fourth-order valence-corrected chi connectivity index (χ4v) is 0.771. The van der Waals surface area contributed by atoms with Gasteiger partial charge in [-0.05, 0) is 0 Å². The Kier molecular flexibility index (Phi) is 6.47. The first kappa shape index (κ1) is 14.7. The lowest BCUT2D eigenvalue weighted by molar-refractivity contribution is -0.173. The zero-order valence-electron chi connectivity index (χ0n) is 8.69. The van der Waals surface area contributed by atoms with Crippen molar-refractivity contribution in [1.82, 2.24) is 10.6 Å². The van der Waals surface area contributed by atoms with Crippen LogP contribution in [0.15, 0.2) is 0 Å². The van der Waals surface area contributed by atoms with Crippen LogP contribution in [0, 0.1) is 0 Å². The van der Waals surface area contributed by atoms with Crippen molar-refractivity contribution < 1.29 is 27.5 Å². The number of hydrogen-bond acceptors (Lipinski definition) is 3. The topological polar surface area (TPSA) is 67.4 Å². The molecule has 2 N–H and O–H groups in total. The molecule has 0 spiro atoms. The second-order valence-corrected chi connectivity index (χ2v) is 2.85. The molecular formula is C8H13F3N2O3. The molecule has 2 amide bonds. The number of amides is 2.